The number of nitrogens with zero attached hydrogens (tertiary/aromatic N) is 1. The van der Waals surface area contributed by atoms with Crippen LogP contribution in [0.2, 0.25) is 0 Å². The monoisotopic (exact) mass is 428 g/mol. The Kier molecular flexibility index (Phi) is 6.23. The molecule has 0 aliphatic carbocycles. The average Bonchev–Trinajstić information content (AvgIpc) is 2.79. The molecule has 4 rings (SSSR count). The first-order valence-corrected chi connectivity index (χ1v) is 11.0. The molecule has 31 heavy (non-hydrogen) atoms. The van der Waals surface area contributed by atoms with Crippen LogP contribution in [0.1, 0.15) is 27.0 Å². The molecule has 0 spiro atoms. The summed E-state index contributed by atoms with van der Waals surface area (Å²) >= 11 is 1.44. The number of hydrogen-bond acceptors (Lipinski definition) is 3. The first kappa shape index (κ1) is 20.9. The molecule has 2 amide bonds. The van der Waals surface area contributed by atoms with Crippen LogP contribution >= 0.6 is 11.8 Å². The summed E-state index contributed by atoms with van der Waals surface area (Å²) in [5.74, 6) is -0.203. The molecule has 0 fully saturated rings. The van der Waals surface area contributed by atoms with Gasteiger partial charge in [0, 0.05) is 24.1 Å². The van der Waals surface area contributed by atoms with Crippen molar-refractivity contribution in [2.45, 2.75) is 18.2 Å². The Balaban J connectivity index is 1.48. The molecule has 5 heteroatoms. The van der Waals surface area contributed by atoms with Gasteiger partial charge in [-0.3, -0.25) is 9.59 Å². The van der Waals surface area contributed by atoms with E-state index in [4.69, 9.17) is 0 Å². The van der Waals surface area contributed by atoms with Crippen LogP contribution in [0, 0.1) is 6.92 Å². The topological polar surface area (TPSA) is 49.4 Å². The zero-order valence-electron chi connectivity index (χ0n) is 17.6. The molecule has 156 valence electrons. The molecule has 0 radical (unpaired) electrons. The van der Waals surface area contributed by atoms with Gasteiger partial charge in [-0.15, -0.1) is 0 Å². The van der Waals surface area contributed by atoms with Crippen LogP contribution in [0.4, 0.5) is 5.69 Å². The van der Waals surface area contributed by atoms with Gasteiger partial charge >= 0.3 is 0 Å². The number of hydrogen-bond donors (Lipinski definition) is 1. The predicted octanol–water partition coefficient (Wildman–Crippen LogP) is 5.08. The molecule has 1 aliphatic rings. The smallest absolute Gasteiger partial charge is 0.264 e. The van der Waals surface area contributed by atoms with E-state index < -0.39 is 0 Å². The minimum atomic E-state index is -0.134. The zero-order chi connectivity index (χ0) is 21.8. The van der Waals surface area contributed by atoms with E-state index in [1.54, 1.807) is 18.0 Å². The minimum absolute atomic E-state index is 0.0697. The standard InChI is InChI=1S/C26H24N2O2S/c1-18-8-10-20(11-9-18)16-24-26(30)28(2)22-17-21(12-13-23(22)31-24)25(29)27-15-14-19-6-4-3-5-7-19/h3-13,16-17H,14-15H2,1-2H3,(H,27,29)/b24-16-. The zero-order valence-corrected chi connectivity index (χ0v) is 18.4. The number of rotatable bonds is 5. The van der Waals surface area contributed by atoms with E-state index in [1.807, 2.05) is 79.7 Å². The fourth-order valence-corrected chi connectivity index (χ4v) is 4.51. The molecule has 0 aromatic heterocycles. The van der Waals surface area contributed by atoms with Crippen LogP contribution in [-0.4, -0.2) is 25.4 Å². The molecule has 0 unspecified atom stereocenters. The summed E-state index contributed by atoms with van der Waals surface area (Å²) in [4.78, 5) is 28.8. The molecule has 1 N–H and O–H groups in total. The van der Waals surface area contributed by atoms with E-state index in [-0.39, 0.29) is 11.8 Å². The lowest BCUT2D eigenvalue weighted by molar-refractivity contribution is -0.114. The normalized spacial score (nSPS) is 14.5. The Bertz CT molecular complexity index is 1140. The number of aryl methyl sites for hydroxylation is 1. The molecule has 0 saturated heterocycles. The second-order valence-corrected chi connectivity index (χ2v) is 8.64. The van der Waals surface area contributed by atoms with Gasteiger partial charge < -0.3 is 10.2 Å². The third-order valence-corrected chi connectivity index (χ3v) is 6.31. The second-order valence-electron chi connectivity index (χ2n) is 7.56. The summed E-state index contributed by atoms with van der Waals surface area (Å²) in [6.07, 6.45) is 2.69. The van der Waals surface area contributed by atoms with Crippen LogP contribution in [0.3, 0.4) is 0 Å². The van der Waals surface area contributed by atoms with Crippen molar-refractivity contribution in [3.8, 4) is 0 Å². The number of carbonyl (C=O) groups excluding carboxylic acids is 2. The number of thioether (sulfide) groups is 1. The van der Waals surface area contributed by atoms with Crippen molar-refractivity contribution in [3.63, 3.8) is 0 Å². The fourth-order valence-electron chi connectivity index (χ4n) is 3.42. The predicted molar refractivity (Wildman–Crippen MR) is 127 cm³/mol. The van der Waals surface area contributed by atoms with Crippen molar-refractivity contribution in [1.29, 1.82) is 0 Å². The highest BCUT2D eigenvalue weighted by Crippen LogP contribution is 2.42. The van der Waals surface area contributed by atoms with Gasteiger partial charge in [0.2, 0.25) is 0 Å². The Morgan fingerprint density at radius 2 is 1.77 bits per heavy atom. The van der Waals surface area contributed by atoms with Gasteiger partial charge in [-0.05, 0) is 48.7 Å². The quantitative estimate of drug-likeness (QED) is 0.577. The maximum atomic E-state index is 12.9. The molecule has 0 atom stereocenters. The fraction of sp³-hybridized carbons (Fsp3) is 0.154. The van der Waals surface area contributed by atoms with Crippen LogP contribution in [-0.2, 0) is 11.2 Å². The van der Waals surface area contributed by atoms with Crippen LogP contribution in [0.15, 0.2) is 82.6 Å². The van der Waals surface area contributed by atoms with Crippen molar-refractivity contribution < 1.29 is 9.59 Å². The third kappa shape index (κ3) is 4.89. The Labute approximate surface area is 187 Å². The number of amides is 2. The molecule has 1 heterocycles. The van der Waals surface area contributed by atoms with Gasteiger partial charge in [0.25, 0.3) is 11.8 Å². The summed E-state index contributed by atoms with van der Waals surface area (Å²) < 4.78 is 0. The molecule has 1 aliphatic heterocycles. The maximum Gasteiger partial charge on any atom is 0.264 e. The van der Waals surface area contributed by atoms with Gasteiger partial charge in [-0.1, -0.05) is 71.9 Å². The largest absolute Gasteiger partial charge is 0.352 e. The summed E-state index contributed by atoms with van der Waals surface area (Å²) in [5.41, 5.74) is 4.67. The highest BCUT2D eigenvalue weighted by Gasteiger charge is 2.27. The minimum Gasteiger partial charge on any atom is -0.352 e. The Morgan fingerprint density at radius 1 is 1.03 bits per heavy atom. The van der Waals surface area contributed by atoms with Gasteiger partial charge in [-0.25, -0.2) is 0 Å². The summed E-state index contributed by atoms with van der Waals surface area (Å²) in [6.45, 7) is 2.60. The number of likely N-dealkylation sites (N-methyl/N-ethyl adjacent to an activating group) is 1. The van der Waals surface area contributed by atoms with Crippen molar-refractivity contribution in [1.82, 2.24) is 5.32 Å². The number of benzene rings is 3. The molecule has 0 bridgehead atoms. The summed E-state index contributed by atoms with van der Waals surface area (Å²) in [5, 5.41) is 2.97. The van der Waals surface area contributed by atoms with Gasteiger partial charge in [0.05, 0.1) is 10.6 Å². The van der Waals surface area contributed by atoms with Crippen molar-refractivity contribution in [3.05, 3.63) is 100.0 Å². The third-order valence-electron chi connectivity index (χ3n) is 5.23. The number of carbonyl (C=O) groups is 2. The molecule has 3 aromatic rings. The van der Waals surface area contributed by atoms with Crippen LogP contribution in [0.25, 0.3) is 6.08 Å². The van der Waals surface area contributed by atoms with Gasteiger partial charge in [0.15, 0.2) is 0 Å². The molecular formula is C26H24N2O2S. The van der Waals surface area contributed by atoms with Crippen molar-refractivity contribution in [2.24, 2.45) is 0 Å². The van der Waals surface area contributed by atoms with E-state index in [9.17, 15) is 9.59 Å². The summed E-state index contributed by atoms with van der Waals surface area (Å²) in [7, 11) is 1.75. The van der Waals surface area contributed by atoms with E-state index >= 15 is 0 Å². The van der Waals surface area contributed by atoms with E-state index in [1.165, 1.54) is 22.9 Å². The molecule has 4 nitrogen and oxygen atoms in total. The first-order valence-electron chi connectivity index (χ1n) is 10.2. The number of fused-ring (bicyclic) bond motifs is 1. The van der Waals surface area contributed by atoms with Crippen molar-refractivity contribution in [2.75, 3.05) is 18.5 Å². The highest BCUT2D eigenvalue weighted by molar-refractivity contribution is 8.04. The number of nitrogens with one attached hydrogen (secondary N) is 1. The maximum absolute atomic E-state index is 12.9. The lowest BCUT2D eigenvalue weighted by Crippen LogP contribution is -2.31. The molecule has 0 saturated carbocycles. The first-order chi connectivity index (χ1) is 15.0. The highest BCUT2D eigenvalue weighted by atomic mass is 32.2. The molecular weight excluding hydrogens is 404 g/mol. The summed E-state index contributed by atoms with van der Waals surface area (Å²) in [6, 6.07) is 23.7. The number of anilines is 1. The average molecular weight is 429 g/mol. The van der Waals surface area contributed by atoms with Crippen LogP contribution < -0.4 is 10.2 Å². The Morgan fingerprint density at radius 3 is 2.52 bits per heavy atom. The SMILES string of the molecule is Cc1ccc(/C=C2\Sc3ccc(C(=O)NCCc4ccccc4)cc3N(C)C2=O)cc1. The van der Waals surface area contributed by atoms with E-state index in [0.717, 1.165) is 22.6 Å². The second kappa shape index (κ2) is 9.23. The molecule has 3 aromatic carbocycles. The lowest BCUT2D eigenvalue weighted by atomic mass is 10.1. The Hall–Kier alpha value is -3.31. The lowest BCUT2D eigenvalue weighted by Gasteiger charge is -2.27. The van der Waals surface area contributed by atoms with Gasteiger partial charge in [0.1, 0.15) is 0 Å². The van der Waals surface area contributed by atoms with Gasteiger partial charge in [-0.2, -0.15) is 0 Å². The van der Waals surface area contributed by atoms with Crippen LogP contribution in [0.5, 0.6) is 0 Å². The van der Waals surface area contributed by atoms with E-state index in [2.05, 4.69) is 5.32 Å². The van der Waals surface area contributed by atoms with Crippen molar-refractivity contribution >= 4 is 35.3 Å². The van der Waals surface area contributed by atoms with E-state index in [0.29, 0.717) is 17.0 Å².